The number of aryl methyl sites for hydroxylation is 1. The smallest absolute Gasteiger partial charge is 0.197 e. The standard InChI is InChI=1S/C26H34N8OS/c1-15(2)21-22(19-10-20(35-5)24-27-14-28-34(24)13-19)30-31-23(21)25-29-17(4)26(36-25)33-9-8-32(11-16(33)3)12-18-6-7-18/h10,13-16,18H,6-9,11-12H2,1-5H3,(H,30,31)/t16-/m1/s1. The van der Waals surface area contributed by atoms with Gasteiger partial charge in [0.15, 0.2) is 11.4 Å². The van der Waals surface area contributed by atoms with Crippen LogP contribution in [-0.4, -0.2) is 74.0 Å². The number of pyridine rings is 1. The molecule has 2 fully saturated rings. The van der Waals surface area contributed by atoms with E-state index in [1.54, 1.807) is 23.0 Å². The van der Waals surface area contributed by atoms with Crippen LogP contribution in [-0.2, 0) is 0 Å². The summed E-state index contributed by atoms with van der Waals surface area (Å²) in [7, 11) is 1.65. The van der Waals surface area contributed by atoms with Crippen LogP contribution in [0.5, 0.6) is 5.75 Å². The molecule has 0 amide bonds. The van der Waals surface area contributed by atoms with Gasteiger partial charge in [0.05, 0.1) is 24.2 Å². The maximum atomic E-state index is 5.59. The first-order valence-electron chi connectivity index (χ1n) is 12.9. The lowest BCUT2D eigenvalue weighted by Crippen LogP contribution is -2.52. The Hall–Kier alpha value is -2.98. The van der Waals surface area contributed by atoms with Crippen LogP contribution in [0.15, 0.2) is 18.6 Å². The van der Waals surface area contributed by atoms with Crippen molar-refractivity contribution in [2.75, 3.05) is 38.2 Å². The number of H-pyrrole nitrogens is 1. The van der Waals surface area contributed by atoms with Gasteiger partial charge in [-0.05, 0) is 44.6 Å². The SMILES string of the molecule is COc1cc(-c2n[nH]c(-c3nc(C)c(N4CCN(CC5CC5)C[C@H]4C)s3)c2C(C)C)cn2ncnc12. The molecule has 4 aromatic rings. The highest BCUT2D eigenvalue weighted by atomic mass is 32.1. The highest BCUT2D eigenvalue weighted by molar-refractivity contribution is 7.19. The van der Waals surface area contributed by atoms with Gasteiger partial charge >= 0.3 is 0 Å². The molecule has 4 aromatic heterocycles. The van der Waals surface area contributed by atoms with E-state index < -0.39 is 0 Å². The Balaban J connectivity index is 1.33. The van der Waals surface area contributed by atoms with Crippen molar-refractivity contribution in [3.63, 3.8) is 0 Å². The number of hydrogen-bond acceptors (Lipinski definition) is 8. The van der Waals surface area contributed by atoms with E-state index in [9.17, 15) is 0 Å². The minimum Gasteiger partial charge on any atom is -0.493 e. The zero-order valence-corrected chi connectivity index (χ0v) is 22.5. The third-order valence-electron chi connectivity index (χ3n) is 7.39. The summed E-state index contributed by atoms with van der Waals surface area (Å²) < 4.78 is 7.33. The Bertz CT molecular complexity index is 1380. The molecule has 1 atom stereocenters. The second-order valence-electron chi connectivity index (χ2n) is 10.5. The lowest BCUT2D eigenvalue weighted by atomic mass is 9.97. The third-order valence-corrected chi connectivity index (χ3v) is 8.60. The van der Waals surface area contributed by atoms with E-state index in [0.717, 1.165) is 58.8 Å². The molecule has 1 saturated heterocycles. The van der Waals surface area contributed by atoms with Crippen molar-refractivity contribution in [3.05, 3.63) is 29.8 Å². The molecule has 10 heteroatoms. The van der Waals surface area contributed by atoms with Crippen LogP contribution in [0.25, 0.3) is 27.6 Å². The number of rotatable bonds is 7. The molecular weight excluding hydrogens is 472 g/mol. The van der Waals surface area contributed by atoms with Crippen molar-refractivity contribution < 1.29 is 4.74 Å². The molecule has 0 spiro atoms. The Morgan fingerprint density at radius 1 is 1.25 bits per heavy atom. The number of piperazine rings is 1. The van der Waals surface area contributed by atoms with E-state index >= 15 is 0 Å². The van der Waals surface area contributed by atoms with E-state index in [1.165, 1.54) is 30.7 Å². The Morgan fingerprint density at radius 3 is 2.81 bits per heavy atom. The number of anilines is 1. The van der Waals surface area contributed by atoms with Crippen LogP contribution in [0.3, 0.4) is 0 Å². The van der Waals surface area contributed by atoms with Gasteiger partial charge in [-0.1, -0.05) is 25.2 Å². The minimum atomic E-state index is 0.253. The lowest BCUT2D eigenvalue weighted by molar-refractivity contribution is 0.221. The molecule has 9 nitrogen and oxygen atoms in total. The van der Waals surface area contributed by atoms with Crippen LogP contribution in [0, 0.1) is 12.8 Å². The topological polar surface area (TPSA) is 87.5 Å². The van der Waals surface area contributed by atoms with Crippen molar-refractivity contribution in [1.29, 1.82) is 0 Å². The molecular formula is C26H34N8OS. The highest BCUT2D eigenvalue weighted by Gasteiger charge is 2.31. The number of thiazole rings is 1. The van der Waals surface area contributed by atoms with E-state index in [1.807, 2.05) is 12.3 Å². The van der Waals surface area contributed by atoms with Gasteiger partial charge in [-0.2, -0.15) is 10.2 Å². The van der Waals surface area contributed by atoms with Crippen LogP contribution in [0.4, 0.5) is 5.00 Å². The van der Waals surface area contributed by atoms with E-state index in [2.05, 4.69) is 52.7 Å². The molecule has 1 saturated carbocycles. The number of nitrogens with zero attached hydrogens (tertiary/aromatic N) is 7. The van der Waals surface area contributed by atoms with E-state index in [4.69, 9.17) is 14.8 Å². The lowest BCUT2D eigenvalue weighted by Gasteiger charge is -2.40. The van der Waals surface area contributed by atoms with E-state index in [0.29, 0.717) is 17.4 Å². The third kappa shape index (κ3) is 4.16. The molecule has 190 valence electrons. The second kappa shape index (κ2) is 9.15. The molecule has 1 aliphatic carbocycles. The fourth-order valence-electron chi connectivity index (χ4n) is 5.40. The second-order valence-corrected chi connectivity index (χ2v) is 11.5. The molecule has 36 heavy (non-hydrogen) atoms. The van der Waals surface area contributed by atoms with Crippen LogP contribution < -0.4 is 9.64 Å². The van der Waals surface area contributed by atoms with Gasteiger partial charge in [-0.25, -0.2) is 14.5 Å². The van der Waals surface area contributed by atoms with Crippen molar-refractivity contribution in [3.8, 4) is 27.7 Å². The van der Waals surface area contributed by atoms with Crippen LogP contribution in [0.1, 0.15) is 50.8 Å². The molecule has 6 rings (SSSR count). The normalized spacial score (nSPS) is 19.1. The maximum absolute atomic E-state index is 5.59. The molecule has 1 N–H and O–H groups in total. The molecule has 0 bridgehead atoms. The summed E-state index contributed by atoms with van der Waals surface area (Å²) in [6.07, 6.45) is 6.32. The predicted octanol–water partition coefficient (Wildman–Crippen LogP) is 4.60. The Morgan fingerprint density at radius 2 is 2.08 bits per heavy atom. The first-order valence-corrected chi connectivity index (χ1v) is 13.7. The van der Waals surface area contributed by atoms with Gasteiger partial charge in [0.25, 0.3) is 0 Å². The van der Waals surface area contributed by atoms with Gasteiger partial charge in [-0.15, -0.1) is 0 Å². The number of ether oxygens (including phenoxy) is 1. The van der Waals surface area contributed by atoms with Gasteiger partial charge in [-0.3, -0.25) is 10.00 Å². The van der Waals surface area contributed by atoms with Crippen molar-refractivity contribution in [2.24, 2.45) is 5.92 Å². The first kappa shape index (κ1) is 23.4. The summed E-state index contributed by atoms with van der Waals surface area (Å²) in [5.41, 5.74) is 5.76. The molecule has 0 unspecified atom stereocenters. The fraction of sp³-hybridized carbons (Fsp3) is 0.538. The van der Waals surface area contributed by atoms with Gasteiger partial charge in [0.2, 0.25) is 0 Å². The summed E-state index contributed by atoms with van der Waals surface area (Å²) >= 11 is 1.77. The zero-order chi connectivity index (χ0) is 25.0. The van der Waals surface area contributed by atoms with Gasteiger partial charge in [0.1, 0.15) is 16.3 Å². The molecule has 0 aromatic carbocycles. The van der Waals surface area contributed by atoms with Crippen molar-refractivity contribution in [2.45, 2.75) is 52.5 Å². The van der Waals surface area contributed by atoms with Crippen molar-refractivity contribution in [1.82, 2.24) is 34.7 Å². The average Bonchev–Trinajstić information content (AvgIpc) is 3.23. The predicted molar refractivity (Wildman–Crippen MR) is 143 cm³/mol. The van der Waals surface area contributed by atoms with E-state index in [-0.39, 0.29) is 5.92 Å². The Labute approximate surface area is 215 Å². The molecule has 1 aliphatic heterocycles. The highest BCUT2D eigenvalue weighted by Crippen LogP contribution is 2.42. The maximum Gasteiger partial charge on any atom is 0.197 e. The number of methoxy groups -OCH3 is 1. The zero-order valence-electron chi connectivity index (χ0n) is 21.7. The number of fused-ring (bicyclic) bond motifs is 1. The monoisotopic (exact) mass is 506 g/mol. The summed E-state index contributed by atoms with van der Waals surface area (Å²) in [4.78, 5) is 14.5. The Kier molecular flexibility index (Phi) is 5.95. The summed E-state index contributed by atoms with van der Waals surface area (Å²) in [6.45, 7) is 13.5. The molecule has 0 radical (unpaired) electrons. The summed E-state index contributed by atoms with van der Waals surface area (Å²) in [5, 5.41) is 14.7. The number of aromatic nitrogens is 6. The quantitative estimate of drug-likeness (QED) is 0.392. The number of hydrogen-bond donors (Lipinski definition) is 1. The van der Waals surface area contributed by atoms with Crippen LogP contribution in [0.2, 0.25) is 0 Å². The number of nitrogens with one attached hydrogen (secondary N) is 1. The van der Waals surface area contributed by atoms with Gasteiger partial charge < -0.3 is 9.64 Å². The molecule has 5 heterocycles. The van der Waals surface area contributed by atoms with Crippen molar-refractivity contribution >= 4 is 22.0 Å². The first-order chi connectivity index (χ1) is 17.4. The number of aromatic amines is 1. The fourth-order valence-corrected chi connectivity index (χ4v) is 6.60. The summed E-state index contributed by atoms with van der Waals surface area (Å²) in [5.74, 6) is 1.87. The molecule has 2 aliphatic rings. The largest absolute Gasteiger partial charge is 0.493 e. The van der Waals surface area contributed by atoms with Gasteiger partial charge in [0, 0.05) is 49.5 Å². The minimum absolute atomic E-state index is 0.253. The average molecular weight is 507 g/mol. The van der Waals surface area contributed by atoms with Crippen LogP contribution >= 0.6 is 11.3 Å². The summed E-state index contributed by atoms with van der Waals surface area (Å²) in [6, 6.07) is 2.46.